The van der Waals surface area contributed by atoms with Gasteiger partial charge in [0.05, 0.1) is 24.2 Å². The number of anilines is 1. The number of rotatable bonds is 9. The molecule has 0 aliphatic rings. The molecule has 0 saturated carbocycles. The maximum Gasteiger partial charge on any atom is 0.252 e. The predicted octanol–water partition coefficient (Wildman–Crippen LogP) is 2.35. The largest absolute Gasteiger partial charge is 0.379 e. The highest BCUT2D eigenvalue weighted by molar-refractivity contribution is 5.92. The normalized spacial score (nSPS) is 11.0. The molecule has 0 saturated heterocycles. The van der Waals surface area contributed by atoms with E-state index in [1.807, 2.05) is 35.9 Å². The summed E-state index contributed by atoms with van der Waals surface area (Å²) < 4.78 is 12.5. The summed E-state index contributed by atoms with van der Waals surface area (Å²) in [6, 6.07) is 7.73. The third kappa shape index (κ3) is 4.54. The molecular formula is C16H23N3O3. The highest BCUT2D eigenvalue weighted by atomic mass is 16.5. The van der Waals surface area contributed by atoms with E-state index in [2.05, 4.69) is 17.2 Å². The van der Waals surface area contributed by atoms with Crippen molar-refractivity contribution in [3.05, 3.63) is 24.3 Å². The van der Waals surface area contributed by atoms with Crippen LogP contribution in [0.15, 0.2) is 24.3 Å². The lowest BCUT2D eigenvalue weighted by molar-refractivity contribution is -0.121. The number of aryl methyl sites for hydroxylation is 1. The number of hydrogen-bond acceptors (Lipinski definition) is 4. The van der Waals surface area contributed by atoms with Crippen molar-refractivity contribution < 1.29 is 14.3 Å². The first kappa shape index (κ1) is 16.5. The van der Waals surface area contributed by atoms with Gasteiger partial charge in [0.2, 0.25) is 5.95 Å². The maximum absolute atomic E-state index is 11.8. The standard InChI is InChI=1S/C16H23N3O3/c1-3-4-9-21-10-11-22-12-15(20)18-16-17-13-7-5-6-8-14(13)19(16)2/h5-8H,3-4,9-12H2,1-2H3,(H,17,18,20). The molecule has 2 aromatic rings. The topological polar surface area (TPSA) is 65.4 Å². The molecule has 0 atom stereocenters. The average Bonchev–Trinajstić information content (AvgIpc) is 2.83. The van der Waals surface area contributed by atoms with Crippen molar-refractivity contribution in [1.82, 2.24) is 9.55 Å². The molecule has 1 aromatic carbocycles. The molecule has 1 amide bonds. The zero-order valence-corrected chi connectivity index (χ0v) is 13.2. The molecule has 0 bridgehead atoms. The molecule has 0 aliphatic carbocycles. The van der Waals surface area contributed by atoms with Gasteiger partial charge in [-0.3, -0.25) is 10.1 Å². The molecule has 2 rings (SSSR count). The van der Waals surface area contributed by atoms with E-state index >= 15 is 0 Å². The Kier molecular flexibility index (Phi) is 6.36. The minimum absolute atomic E-state index is 0.000340. The minimum Gasteiger partial charge on any atom is -0.379 e. The van der Waals surface area contributed by atoms with E-state index in [0.29, 0.717) is 19.2 Å². The number of carbonyl (C=O) groups excluding carboxylic acids is 1. The first-order valence-corrected chi connectivity index (χ1v) is 7.59. The summed E-state index contributed by atoms with van der Waals surface area (Å²) in [5, 5.41) is 2.76. The Bertz CT molecular complexity index is 610. The zero-order valence-electron chi connectivity index (χ0n) is 13.2. The van der Waals surface area contributed by atoms with Crippen LogP contribution in [0.2, 0.25) is 0 Å². The molecule has 120 valence electrons. The molecule has 0 unspecified atom stereocenters. The zero-order chi connectivity index (χ0) is 15.8. The van der Waals surface area contributed by atoms with E-state index < -0.39 is 0 Å². The fraction of sp³-hybridized carbons (Fsp3) is 0.500. The number of unbranched alkanes of at least 4 members (excludes halogenated alkanes) is 1. The Labute approximate surface area is 130 Å². The molecule has 6 heteroatoms. The monoisotopic (exact) mass is 305 g/mol. The summed E-state index contributed by atoms with van der Waals surface area (Å²) >= 11 is 0. The van der Waals surface area contributed by atoms with E-state index in [-0.39, 0.29) is 12.5 Å². The summed E-state index contributed by atoms with van der Waals surface area (Å²) in [5.41, 5.74) is 1.83. The van der Waals surface area contributed by atoms with Crippen molar-refractivity contribution in [3.63, 3.8) is 0 Å². The summed E-state index contributed by atoms with van der Waals surface area (Å²) in [7, 11) is 1.87. The summed E-state index contributed by atoms with van der Waals surface area (Å²) in [6.07, 6.45) is 2.16. The van der Waals surface area contributed by atoms with Gasteiger partial charge in [0.1, 0.15) is 6.61 Å². The number of nitrogens with one attached hydrogen (secondary N) is 1. The van der Waals surface area contributed by atoms with Crippen molar-refractivity contribution >= 4 is 22.9 Å². The molecule has 0 radical (unpaired) electrons. The Hall–Kier alpha value is -1.92. The third-order valence-corrected chi connectivity index (χ3v) is 3.29. The average molecular weight is 305 g/mol. The molecule has 6 nitrogen and oxygen atoms in total. The van der Waals surface area contributed by atoms with Crippen LogP contribution < -0.4 is 5.32 Å². The summed E-state index contributed by atoms with van der Waals surface area (Å²) in [4.78, 5) is 16.2. The van der Waals surface area contributed by atoms with Gasteiger partial charge in [0.25, 0.3) is 5.91 Å². The number of benzene rings is 1. The third-order valence-electron chi connectivity index (χ3n) is 3.29. The van der Waals surface area contributed by atoms with Crippen LogP contribution >= 0.6 is 0 Å². The summed E-state index contributed by atoms with van der Waals surface area (Å²) in [6.45, 7) is 3.79. The van der Waals surface area contributed by atoms with Gasteiger partial charge in [0.15, 0.2) is 0 Å². The quantitative estimate of drug-likeness (QED) is 0.722. The number of carbonyl (C=O) groups is 1. The molecule has 1 N–H and O–H groups in total. The Morgan fingerprint density at radius 1 is 1.23 bits per heavy atom. The molecule has 0 aliphatic heterocycles. The number of ether oxygens (including phenoxy) is 2. The van der Waals surface area contributed by atoms with E-state index in [1.165, 1.54) is 0 Å². The first-order chi connectivity index (χ1) is 10.7. The van der Waals surface area contributed by atoms with Crippen LogP contribution in [0.3, 0.4) is 0 Å². The van der Waals surface area contributed by atoms with Gasteiger partial charge in [-0.1, -0.05) is 25.5 Å². The Balaban J connectivity index is 1.73. The second-order valence-electron chi connectivity index (χ2n) is 5.05. The first-order valence-electron chi connectivity index (χ1n) is 7.59. The lowest BCUT2D eigenvalue weighted by Crippen LogP contribution is -2.21. The Morgan fingerprint density at radius 3 is 2.77 bits per heavy atom. The number of aromatic nitrogens is 2. The van der Waals surface area contributed by atoms with Crippen molar-refractivity contribution in [1.29, 1.82) is 0 Å². The number of fused-ring (bicyclic) bond motifs is 1. The van der Waals surface area contributed by atoms with Crippen LogP contribution in [-0.2, 0) is 21.3 Å². The lowest BCUT2D eigenvalue weighted by Gasteiger charge is -2.07. The molecule has 0 fully saturated rings. The van der Waals surface area contributed by atoms with Gasteiger partial charge < -0.3 is 14.0 Å². The van der Waals surface area contributed by atoms with Crippen molar-refractivity contribution in [2.24, 2.45) is 7.05 Å². The molecule has 1 aromatic heterocycles. The molecule has 22 heavy (non-hydrogen) atoms. The van der Waals surface area contributed by atoms with E-state index in [1.54, 1.807) is 0 Å². The van der Waals surface area contributed by atoms with E-state index in [0.717, 1.165) is 30.5 Å². The summed E-state index contributed by atoms with van der Waals surface area (Å²) in [5.74, 6) is 0.306. The van der Waals surface area contributed by atoms with Crippen molar-refractivity contribution in [3.8, 4) is 0 Å². The van der Waals surface area contributed by atoms with Crippen LogP contribution in [0.1, 0.15) is 19.8 Å². The van der Waals surface area contributed by atoms with Crippen molar-refractivity contribution in [2.45, 2.75) is 19.8 Å². The molecular weight excluding hydrogens is 282 g/mol. The second kappa shape index (κ2) is 8.51. The molecule has 0 spiro atoms. The van der Waals surface area contributed by atoms with Gasteiger partial charge in [-0.2, -0.15) is 0 Å². The van der Waals surface area contributed by atoms with Crippen LogP contribution in [0, 0.1) is 0 Å². The number of amides is 1. The van der Waals surface area contributed by atoms with Gasteiger partial charge >= 0.3 is 0 Å². The Morgan fingerprint density at radius 2 is 2.00 bits per heavy atom. The maximum atomic E-state index is 11.8. The van der Waals surface area contributed by atoms with Crippen LogP contribution in [0.25, 0.3) is 11.0 Å². The number of nitrogens with zero attached hydrogens (tertiary/aromatic N) is 2. The van der Waals surface area contributed by atoms with Gasteiger partial charge in [-0.05, 0) is 18.6 Å². The number of hydrogen-bond donors (Lipinski definition) is 1. The van der Waals surface area contributed by atoms with Crippen LogP contribution in [0.4, 0.5) is 5.95 Å². The van der Waals surface area contributed by atoms with Gasteiger partial charge in [0, 0.05) is 13.7 Å². The van der Waals surface area contributed by atoms with Gasteiger partial charge in [-0.25, -0.2) is 4.98 Å². The SMILES string of the molecule is CCCCOCCOCC(=O)Nc1nc2ccccc2n1C. The lowest BCUT2D eigenvalue weighted by atomic mass is 10.3. The van der Waals surface area contributed by atoms with E-state index in [9.17, 15) is 4.79 Å². The minimum atomic E-state index is -0.216. The fourth-order valence-corrected chi connectivity index (χ4v) is 2.05. The fourth-order valence-electron chi connectivity index (χ4n) is 2.05. The van der Waals surface area contributed by atoms with Crippen LogP contribution in [0.5, 0.6) is 0 Å². The van der Waals surface area contributed by atoms with E-state index in [4.69, 9.17) is 9.47 Å². The number of imidazole rings is 1. The number of para-hydroxylation sites is 2. The molecule has 1 heterocycles. The van der Waals surface area contributed by atoms with Crippen LogP contribution in [-0.4, -0.2) is 41.9 Å². The highest BCUT2D eigenvalue weighted by Crippen LogP contribution is 2.17. The highest BCUT2D eigenvalue weighted by Gasteiger charge is 2.10. The second-order valence-corrected chi connectivity index (χ2v) is 5.05. The van der Waals surface area contributed by atoms with Gasteiger partial charge in [-0.15, -0.1) is 0 Å². The smallest absolute Gasteiger partial charge is 0.252 e. The predicted molar refractivity (Wildman–Crippen MR) is 85.9 cm³/mol. The van der Waals surface area contributed by atoms with Crippen molar-refractivity contribution in [2.75, 3.05) is 31.7 Å².